The first-order chi connectivity index (χ1) is 12.1. The van der Waals surface area contributed by atoms with E-state index in [9.17, 15) is 13.6 Å². The van der Waals surface area contributed by atoms with Crippen LogP contribution >= 0.6 is 0 Å². The minimum absolute atomic E-state index is 0.00551. The van der Waals surface area contributed by atoms with Gasteiger partial charge in [-0.2, -0.15) is 0 Å². The Bertz CT molecular complexity index is 759. The van der Waals surface area contributed by atoms with Crippen molar-refractivity contribution < 1.29 is 18.3 Å². The van der Waals surface area contributed by atoms with E-state index in [0.717, 1.165) is 30.2 Å². The van der Waals surface area contributed by atoms with Gasteiger partial charge in [0.05, 0.1) is 7.11 Å². The number of benzene rings is 2. The van der Waals surface area contributed by atoms with E-state index in [0.29, 0.717) is 18.4 Å². The van der Waals surface area contributed by atoms with E-state index in [1.165, 1.54) is 12.1 Å². The zero-order valence-electron chi connectivity index (χ0n) is 14.2. The maximum Gasteiger partial charge on any atom is 0.223 e. The summed E-state index contributed by atoms with van der Waals surface area (Å²) in [4.78, 5) is 14.4. The number of rotatable bonds is 7. The predicted octanol–water partition coefficient (Wildman–Crippen LogP) is 4.10. The highest BCUT2D eigenvalue weighted by Crippen LogP contribution is 2.30. The van der Waals surface area contributed by atoms with Gasteiger partial charge >= 0.3 is 0 Å². The number of aryl methyl sites for hydroxylation is 1. The van der Waals surface area contributed by atoms with Crippen LogP contribution in [0.3, 0.4) is 0 Å². The molecule has 3 rings (SSSR count). The van der Waals surface area contributed by atoms with Crippen molar-refractivity contribution in [1.82, 2.24) is 4.90 Å². The quantitative estimate of drug-likeness (QED) is 0.756. The average molecular weight is 345 g/mol. The lowest BCUT2D eigenvalue weighted by Crippen LogP contribution is -2.33. The molecule has 1 saturated carbocycles. The van der Waals surface area contributed by atoms with Crippen LogP contribution in [0.15, 0.2) is 42.5 Å². The predicted molar refractivity (Wildman–Crippen MR) is 91.2 cm³/mol. The van der Waals surface area contributed by atoms with Crippen LogP contribution in [0, 0.1) is 11.6 Å². The average Bonchev–Trinajstić information content (AvgIpc) is 3.44. The zero-order valence-corrected chi connectivity index (χ0v) is 14.2. The number of hydrogen-bond donors (Lipinski definition) is 0. The number of carbonyl (C=O) groups excluding carboxylic acids is 1. The fourth-order valence-corrected chi connectivity index (χ4v) is 2.86. The van der Waals surface area contributed by atoms with Gasteiger partial charge in [0.1, 0.15) is 17.4 Å². The molecule has 5 heteroatoms. The first-order valence-corrected chi connectivity index (χ1v) is 8.43. The van der Waals surface area contributed by atoms with Gasteiger partial charge in [0, 0.05) is 30.6 Å². The SMILES string of the molecule is COc1cccc(CCC(=O)N(Cc2ccc(F)cc2F)C2CC2)c1. The molecule has 1 amide bonds. The second kappa shape index (κ2) is 7.64. The molecule has 2 aromatic carbocycles. The summed E-state index contributed by atoms with van der Waals surface area (Å²) in [6.07, 6.45) is 2.83. The molecule has 25 heavy (non-hydrogen) atoms. The smallest absolute Gasteiger partial charge is 0.223 e. The van der Waals surface area contributed by atoms with E-state index >= 15 is 0 Å². The molecule has 1 aliphatic carbocycles. The van der Waals surface area contributed by atoms with E-state index in [1.54, 1.807) is 12.0 Å². The number of amides is 1. The number of nitrogens with zero attached hydrogens (tertiary/aromatic N) is 1. The Morgan fingerprint density at radius 1 is 1.20 bits per heavy atom. The standard InChI is InChI=1S/C20H21F2NO2/c1-25-18-4-2-3-14(11-18)5-10-20(24)23(17-8-9-17)13-15-6-7-16(21)12-19(15)22/h2-4,6-7,11-12,17H,5,8-10,13H2,1H3. The summed E-state index contributed by atoms with van der Waals surface area (Å²) in [7, 11) is 1.61. The molecule has 0 atom stereocenters. The number of hydrogen-bond acceptors (Lipinski definition) is 2. The van der Waals surface area contributed by atoms with Gasteiger partial charge in [0.2, 0.25) is 5.91 Å². The summed E-state index contributed by atoms with van der Waals surface area (Å²) in [5.41, 5.74) is 1.37. The molecule has 2 aromatic rings. The van der Waals surface area contributed by atoms with E-state index in [4.69, 9.17) is 4.74 Å². The Morgan fingerprint density at radius 2 is 2.00 bits per heavy atom. The highest BCUT2D eigenvalue weighted by atomic mass is 19.1. The summed E-state index contributed by atoms with van der Waals surface area (Å²) in [6.45, 7) is 0.188. The zero-order chi connectivity index (χ0) is 17.8. The van der Waals surface area contributed by atoms with Crippen molar-refractivity contribution in [3.8, 4) is 5.75 Å². The maximum atomic E-state index is 13.9. The fraction of sp³-hybridized carbons (Fsp3) is 0.350. The lowest BCUT2D eigenvalue weighted by atomic mass is 10.1. The molecule has 0 unspecified atom stereocenters. The van der Waals surface area contributed by atoms with Gasteiger partial charge < -0.3 is 9.64 Å². The summed E-state index contributed by atoms with van der Waals surface area (Å²) < 4.78 is 32.1. The summed E-state index contributed by atoms with van der Waals surface area (Å²) >= 11 is 0. The molecule has 0 N–H and O–H groups in total. The summed E-state index contributed by atoms with van der Waals surface area (Å²) in [5, 5.41) is 0. The van der Waals surface area contributed by atoms with Crippen molar-refractivity contribution >= 4 is 5.91 Å². The van der Waals surface area contributed by atoms with E-state index in [1.807, 2.05) is 24.3 Å². The maximum absolute atomic E-state index is 13.9. The van der Waals surface area contributed by atoms with Crippen molar-refractivity contribution in [3.05, 3.63) is 65.2 Å². The van der Waals surface area contributed by atoms with Crippen molar-refractivity contribution in [2.24, 2.45) is 0 Å². The third-order valence-corrected chi connectivity index (χ3v) is 4.43. The molecule has 132 valence electrons. The highest BCUT2D eigenvalue weighted by Gasteiger charge is 2.32. The molecule has 1 aliphatic rings. The number of ether oxygens (including phenoxy) is 1. The van der Waals surface area contributed by atoms with Crippen molar-refractivity contribution in [2.75, 3.05) is 7.11 Å². The molecule has 3 nitrogen and oxygen atoms in total. The van der Waals surface area contributed by atoms with Gasteiger partial charge in [0.15, 0.2) is 0 Å². The molecule has 0 aromatic heterocycles. The molecule has 0 bridgehead atoms. The van der Waals surface area contributed by atoms with Crippen LogP contribution in [0.2, 0.25) is 0 Å². The molecule has 0 spiro atoms. The second-order valence-electron chi connectivity index (χ2n) is 6.34. The van der Waals surface area contributed by atoms with Crippen LogP contribution in [0.1, 0.15) is 30.4 Å². The molecule has 0 heterocycles. The van der Waals surface area contributed by atoms with E-state index < -0.39 is 11.6 Å². The van der Waals surface area contributed by atoms with Crippen LogP contribution in [0.4, 0.5) is 8.78 Å². The Kier molecular flexibility index (Phi) is 5.31. The summed E-state index contributed by atoms with van der Waals surface area (Å²) in [5.74, 6) is -0.457. The summed E-state index contributed by atoms with van der Waals surface area (Å²) in [6, 6.07) is 11.3. The van der Waals surface area contributed by atoms with E-state index in [2.05, 4.69) is 0 Å². The molecule has 0 radical (unpaired) electrons. The van der Waals surface area contributed by atoms with Crippen LogP contribution < -0.4 is 4.74 Å². The number of methoxy groups -OCH3 is 1. The third kappa shape index (κ3) is 4.56. The van der Waals surface area contributed by atoms with Crippen LogP contribution in [0.5, 0.6) is 5.75 Å². The van der Waals surface area contributed by atoms with Gasteiger partial charge in [-0.3, -0.25) is 4.79 Å². The number of halogens is 2. The van der Waals surface area contributed by atoms with Gasteiger partial charge in [-0.25, -0.2) is 8.78 Å². The van der Waals surface area contributed by atoms with E-state index in [-0.39, 0.29) is 18.5 Å². The minimum atomic E-state index is -0.608. The highest BCUT2D eigenvalue weighted by molar-refractivity contribution is 5.77. The Morgan fingerprint density at radius 3 is 2.68 bits per heavy atom. The van der Waals surface area contributed by atoms with Gasteiger partial charge in [-0.1, -0.05) is 18.2 Å². The molecular weight excluding hydrogens is 324 g/mol. The van der Waals surface area contributed by atoms with Crippen LogP contribution in [-0.2, 0) is 17.8 Å². The topological polar surface area (TPSA) is 29.5 Å². The van der Waals surface area contributed by atoms with Crippen molar-refractivity contribution in [3.63, 3.8) is 0 Å². The van der Waals surface area contributed by atoms with Gasteiger partial charge in [-0.05, 0) is 43.0 Å². The number of carbonyl (C=O) groups is 1. The molecule has 0 aliphatic heterocycles. The normalized spacial score (nSPS) is 13.6. The van der Waals surface area contributed by atoms with Gasteiger partial charge in [-0.15, -0.1) is 0 Å². The second-order valence-corrected chi connectivity index (χ2v) is 6.34. The largest absolute Gasteiger partial charge is 0.497 e. The first kappa shape index (κ1) is 17.4. The minimum Gasteiger partial charge on any atom is -0.497 e. The lowest BCUT2D eigenvalue weighted by Gasteiger charge is -2.23. The fourth-order valence-electron chi connectivity index (χ4n) is 2.86. The Balaban J connectivity index is 1.65. The Labute approximate surface area is 146 Å². The third-order valence-electron chi connectivity index (χ3n) is 4.43. The molecule has 0 saturated heterocycles. The van der Waals surface area contributed by atoms with Crippen LogP contribution in [-0.4, -0.2) is 24.0 Å². The molecule has 1 fully saturated rings. The van der Waals surface area contributed by atoms with Crippen LogP contribution in [0.25, 0.3) is 0 Å². The van der Waals surface area contributed by atoms with Crippen molar-refractivity contribution in [1.29, 1.82) is 0 Å². The molecular formula is C20H21F2NO2. The lowest BCUT2D eigenvalue weighted by molar-refractivity contribution is -0.132. The van der Waals surface area contributed by atoms with Gasteiger partial charge in [0.25, 0.3) is 0 Å². The Hall–Kier alpha value is -2.43. The first-order valence-electron chi connectivity index (χ1n) is 8.43. The monoisotopic (exact) mass is 345 g/mol. The van der Waals surface area contributed by atoms with Crippen molar-refractivity contribution in [2.45, 2.75) is 38.3 Å².